The maximum Gasteiger partial charge on any atom is 0.231 e. The number of rotatable bonds is 7. The van der Waals surface area contributed by atoms with Gasteiger partial charge in [0.2, 0.25) is 18.5 Å². The third kappa shape index (κ3) is 4.41. The molecular formula is C22H24N4O4S. The van der Waals surface area contributed by atoms with Gasteiger partial charge in [-0.1, -0.05) is 37.1 Å². The fourth-order valence-corrected chi connectivity index (χ4v) is 4.89. The van der Waals surface area contributed by atoms with E-state index in [1.165, 1.54) is 31.0 Å². The van der Waals surface area contributed by atoms with Crippen molar-refractivity contribution in [3.8, 4) is 23.1 Å². The van der Waals surface area contributed by atoms with Crippen molar-refractivity contribution in [2.24, 2.45) is 0 Å². The molecule has 0 unspecified atom stereocenters. The Labute approximate surface area is 184 Å². The minimum absolute atomic E-state index is 0.0552. The van der Waals surface area contributed by atoms with Gasteiger partial charge in [0.15, 0.2) is 22.4 Å². The van der Waals surface area contributed by atoms with E-state index in [4.69, 9.17) is 13.9 Å². The molecule has 1 amide bonds. The lowest BCUT2D eigenvalue weighted by Gasteiger charge is -2.25. The number of hydrogen-bond acceptors (Lipinski definition) is 7. The van der Waals surface area contributed by atoms with E-state index in [0.29, 0.717) is 24.1 Å². The molecule has 9 heteroatoms. The zero-order valence-electron chi connectivity index (χ0n) is 17.1. The van der Waals surface area contributed by atoms with Crippen molar-refractivity contribution in [1.29, 1.82) is 0 Å². The lowest BCUT2D eigenvalue weighted by atomic mass is 9.95. The number of amides is 1. The molecule has 5 rings (SSSR count). The molecule has 0 bridgehead atoms. The zero-order valence-corrected chi connectivity index (χ0v) is 17.9. The highest BCUT2D eigenvalue weighted by molar-refractivity contribution is 7.99. The topological polar surface area (TPSA) is 91.4 Å². The summed E-state index contributed by atoms with van der Waals surface area (Å²) in [6, 6.07) is 9.77. The number of carbonyl (C=O) groups is 1. The van der Waals surface area contributed by atoms with Crippen LogP contribution in [0.3, 0.4) is 0 Å². The first-order valence-electron chi connectivity index (χ1n) is 10.5. The number of nitrogens with zero attached hydrogens (tertiary/aromatic N) is 3. The van der Waals surface area contributed by atoms with E-state index in [-0.39, 0.29) is 18.5 Å². The van der Waals surface area contributed by atoms with Gasteiger partial charge in [0.1, 0.15) is 0 Å². The number of nitrogens with one attached hydrogen (secondary N) is 1. The van der Waals surface area contributed by atoms with Crippen molar-refractivity contribution in [1.82, 2.24) is 20.1 Å². The Morgan fingerprint density at radius 1 is 1.13 bits per heavy atom. The number of carbonyl (C=O) groups excluding carboxylic acids is 1. The van der Waals surface area contributed by atoms with Crippen LogP contribution < -0.4 is 14.8 Å². The summed E-state index contributed by atoms with van der Waals surface area (Å²) >= 11 is 1.41. The first-order valence-corrected chi connectivity index (χ1v) is 11.5. The van der Waals surface area contributed by atoms with E-state index in [2.05, 4.69) is 20.1 Å². The lowest BCUT2D eigenvalue weighted by molar-refractivity contribution is -0.118. The summed E-state index contributed by atoms with van der Waals surface area (Å²) in [6.45, 7) is 0.673. The van der Waals surface area contributed by atoms with E-state index < -0.39 is 0 Å². The molecule has 2 aliphatic rings. The van der Waals surface area contributed by atoms with Crippen LogP contribution in [0.2, 0.25) is 0 Å². The molecule has 8 nitrogen and oxygen atoms in total. The van der Waals surface area contributed by atoms with E-state index in [9.17, 15) is 4.79 Å². The number of hydrogen-bond donors (Lipinski definition) is 1. The average molecular weight is 441 g/mol. The third-order valence-electron chi connectivity index (χ3n) is 5.60. The van der Waals surface area contributed by atoms with Crippen LogP contribution in [-0.4, -0.2) is 33.2 Å². The number of fused-ring (bicyclic) bond motifs is 1. The zero-order chi connectivity index (χ0) is 21.0. The molecule has 2 aromatic heterocycles. The maximum absolute atomic E-state index is 12.5. The van der Waals surface area contributed by atoms with E-state index in [1.54, 1.807) is 6.26 Å². The fourth-order valence-electron chi connectivity index (χ4n) is 4.05. The summed E-state index contributed by atoms with van der Waals surface area (Å²) in [5, 5.41) is 12.5. The van der Waals surface area contributed by atoms with Crippen molar-refractivity contribution in [3.63, 3.8) is 0 Å². The molecular weight excluding hydrogens is 416 g/mol. The second kappa shape index (κ2) is 9.05. The Balaban J connectivity index is 1.24. The molecule has 3 heterocycles. The quantitative estimate of drug-likeness (QED) is 0.551. The summed E-state index contributed by atoms with van der Waals surface area (Å²) in [5.74, 6) is 3.11. The second-order valence-corrected chi connectivity index (χ2v) is 8.64. The van der Waals surface area contributed by atoms with Gasteiger partial charge in [-0.25, -0.2) is 0 Å². The molecule has 0 radical (unpaired) electrons. The number of thioether (sulfide) groups is 1. The molecule has 3 aromatic rings. The molecule has 1 aliphatic heterocycles. The molecule has 162 valence electrons. The minimum Gasteiger partial charge on any atom is -0.461 e. The van der Waals surface area contributed by atoms with Gasteiger partial charge in [-0.05, 0) is 42.7 Å². The molecule has 1 saturated carbocycles. The first-order chi connectivity index (χ1) is 15.3. The molecule has 1 aromatic carbocycles. The maximum atomic E-state index is 12.5. The van der Waals surface area contributed by atoms with Gasteiger partial charge >= 0.3 is 0 Å². The summed E-state index contributed by atoms with van der Waals surface area (Å²) in [5.41, 5.74) is 0.966. The van der Waals surface area contributed by atoms with Crippen LogP contribution in [0.25, 0.3) is 11.6 Å². The summed E-state index contributed by atoms with van der Waals surface area (Å²) < 4.78 is 18.5. The summed E-state index contributed by atoms with van der Waals surface area (Å²) in [7, 11) is 0. The molecule has 1 N–H and O–H groups in total. The molecule has 1 fully saturated rings. The Morgan fingerprint density at radius 3 is 2.84 bits per heavy atom. The molecule has 1 aliphatic carbocycles. The molecule has 0 spiro atoms. The predicted octanol–water partition coefficient (Wildman–Crippen LogP) is 4.18. The highest BCUT2D eigenvalue weighted by Gasteiger charge is 2.25. The van der Waals surface area contributed by atoms with Gasteiger partial charge in [0, 0.05) is 12.6 Å². The molecule has 31 heavy (non-hydrogen) atoms. The third-order valence-corrected chi connectivity index (χ3v) is 6.55. The Kier molecular flexibility index (Phi) is 5.84. The largest absolute Gasteiger partial charge is 0.461 e. The van der Waals surface area contributed by atoms with Gasteiger partial charge in [-0.3, -0.25) is 9.36 Å². The smallest absolute Gasteiger partial charge is 0.231 e. The highest BCUT2D eigenvalue weighted by atomic mass is 32.2. The van der Waals surface area contributed by atoms with Crippen LogP contribution in [0.5, 0.6) is 11.5 Å². The summed E-state index contributed by atoms with van der Waals surface area (Å²) in [6.07, 6.45) is 7.48. The van der Waals surface area contributed by atoms with Gasteiger partial charge in [0.25, 0.3) is 0 Å². The Bertz CT molecular complexity index is 1040. The standard InChI is InChI=1S/C22H24N4O4S/c27-20(23-12-15-8-9-17-19(11-15)30-14-29-17)13-31-22-25-24-21(18-7-4-10-28-18)26(22)16-5-2-1-3-6-16/h4,7-11,16H,1-3,5-6,12-14H2,(H,23,27). The van der Waals surface area contributed by atoms with Gasteiger partial charge in [-0.2, -0.15) is 0 Å². The van der Waals surface area contributed by atoms with Crippen LogP contribution in [0.1, 0.15) is 43.7 Å². The monoisotopic (exact) mass is 440 g/mol. The lowest BCUT2D eigenvalue weighted by Crippen LogP contribution is -2.25. The molecule has 0 saturated heterocycles. The van der Waals surface area contributed by atoms with E-state index >= 15 is 0 Å². The predicted molar refractivity (Wildman–Crippen MR) is 115 cm³/mol. The van der Waals surface area contributed by atoms with E-state index in [0.717, 1.165) is 35.1 Å². The highest BCUT2D eigenvalue weighted by Crippen LogP contribution is 2.36. The van der Waals surface area contributed by atoms with Crippen molar-refractivity contribution in [3.05, 3.63) is 42.2 Å². The van der Waals surface area contributed by atoms with Crippen LogP contribution in [0, 0.1) is 0 Å². The van der Waals surface area contributed by atoms with Crippen LogP contribution in [0.4, 0.5) is 0 Å². The van der Waals surface area contributed by atoms with E-state index in [1.807, 2.05) is 30.3 Å². The summed E-state index contributed by atoms with van der Waals surface area (Å²) in [4.78, 5) is 12.5. The normalized spacial score (nSPS) is 15.9. The van der Waals surface area contributed by atoms with Crippen molar-refractivity contribution >= 4 is 17.7 Å². The Hall–Kier alpha value is -2.94. The van der Waals surface area contributed by atoms with Crippen LogP contribution >= 0.6 is 11.8 Å². The SMILES string of the molecule is O=C(CSc1nnc(-c2ccco2)n1C1CCCCC1)NCc1ccc2c(c1)OCO2. The number of ether oxygens (including phenoxy) is 2. The van der Waals surface area contributed by atoms with Gasteiger partial charge in [0.05, 0.1) is 12.0 Å². The van der Waals surface area contributed by atoms with Gasteiger partial charge < -0.3 is 19.2 Å². The van der Waals surface area contributed by atoms with Crippen LogP contribution in [-0.2, 0) is 11.3 Å². The molecule has 0 atom stereocenters. The average Bonchev–Trinajstić information content (AvgIpc) is 3.56. The van der Waals surface area contributed by atoms with Crippen molar-refractivity contribution in [2.75, 3.05) is 12.5 Å². The first kappa shape index (κ1) is 20.0. The number of benzene rings is 1. The minimum atomic E-state index is -0.0552. The number of aromatic nitrogens is 3. The second-order valence-electron chi connectivity index (χ2n) is 7.70. The van der Waals surface area contributed by atoms with Crippen molar-refractivity contribution in [2.45, 2.75) is 49.8 Å². The fraction of sp³-hybridized carbons (Fsp3) is 0.409. The van der Waals surface area contributed by atoms with Crippen LogP contribution in [0.15, 0.2) is 46.2 Å². The Morgan fingerprint density at radius 2 is 2.00 bits per heavy atom. The van der Waals surface area contributed by atoms with Gasteiger partial charge in [-0.15, -0.1) is 10.2 Å². The van der Waals surface area contributed by atoms with Crippen molar-refractivity contribution < 1.29 is 18.7 Å². The number of furan rings is 1.